The normalized spacial score (nSPS) is 19.0. The van der Waals surface area contributed by atoms with Gasteiger partial charge in [0.1, 0.15) is 5.84 Å². The van der Waals surface area contributed by atoms with Gasteiger partial charge in [-0.25, -0.2) is 0 Å². The highest BCUT2D eigenvalue weighted by Crippen LogP contribution is 2.32. The predicted molar refractivity (Wildman–Crippen MR) is 117 cm³/mol. The Morgan fingerprint density at radius 1 is 1.22 bits per heavy atom. The van der Waals surface area contributed by atoms with E-state index in [-0.39, 0.29) is 5.54 Å². The number of rotatable bonds is 8. The van der Waals surface area contributed by atoms with Crippen molar-refractivity contribution in [2.24, 2.45) is 15.7 Å². The molecule has 0 atom stereocenters. The van der Waals surface area contributed by atoms with Crippen molar-refractivity contribution in [1.29, 1.82) is 0 Å². The number of amidine groups is 1. The van der Waals surface area contributed by atoms with Gasteiger partial charge in [0.05, 0.1) is 17.8 Å². The van der Waals surface area contributed by atoms with E-state index in [1.165, 1.54) is 41.7 Å². The van der Waals surface area contributed by atoms with E-state index in [2.05, 4.69) is 50.5 Å². The maximum absolute atomic E-state index is 6.37. The van der Waals surface area contributed by atoms with Crippen LogP contribution < -0.4 is 11.1 Å². The molecule has 1 fully saturated rings. The highest BCUT2D eigenvalue weighted by Gasteiger charge is 2.38. The average molecular weight is 367 g/mol. The Morgan fingerprint density at radius 3 is 2.59 bits per heavy atom. The van der Waals surface area contributed by atoms with Gasteiger partial charge in [0.15, 0.2) is 0 Å². The summed E-state index contributed by atoms with van der Waals surface area (Å²) in [6.07, 6.45) is 11.1. The van der Waals surface area contributed by atoms with Gasteiger partial charge in [-0.05, 0) is 74.3 Å². The second kappa shape index (κ2) is 8.83. The Kier molecular flexibility index (Phi) is 6.48. The molecule has 27 heavy (non-hydrogen) atoms. The van der Waals surface area contributed by atoms with Crippen LogP contribution >= 0.6 is 0 Å². The highest BCUT2D eigenvalue weighted by molar-refractivity contribution is 5.96. The molecule has 4 heteroatoms. The summed E-state index contributed by atoms with van der Waals surface area (Å²) < 4.78 is 0. The van der Waals surface area contributed by atoms with Gasteiger partial charge in [-0.1, -0.05) is 32.8 Å². The fraction of sp³-hybridized carbons (Fsp3) is 0.565. The summed E-state index contributed by atoms with van der Waals surface area (Å²) in [7, 11) is 0. The second-order valence-electron chi connectivity index (χ2n) is 8.02. The maximum atomic E-state index is 6.37. The topological polar surface area (TPSA) is 62.8 Å². The van der Waals surface area contributed by atoms with Gasteiger partial charge in [0.2, 0.25) is 0 Å². The fourth-order valence-corrected chi connectivity index (χ4v) is 3.74. The van der Waals surface area contributed by atoms with Crippen LogP contribution in [-0.2, 0) is 0 Å². The largest absolute Gasteiger partial charge is 0.349 e. The van der Waals surface area contributed by atoms with Crippen LogP contribution in [-0.4, -0.2) is 23.6 Å². The lowest BCUT2D eigenvalue weighted by Crippen LogP contribution is -2.58. The van der Waals surface area contributed by atoms with E-state index < -0.39 is 0 Å². The molecule has 1 aromatic carbocycles. The van der Waals surface area contributed by atoms with Crippen LogP contribution in [0.4, 0.5) is 5.69 Å². The summed E-state index contributed by atoms with van der Waals surface area (Å²) in [6, 6.07) is 6.56. The van der Waals surface area contributed by atoms with Gasteiger partial charge >= 0.3 is 0 Å². The molecule has 1 aromatic rings. The van der Waals surface area contributed by atoms with Crippen molar-refractivity contribution >= 4 is 22.8 Å². The average Bonchev–Trinajstić information content (AvgIpc) is 2.66. The summed E-state index contributed by atoms with van der Waals surface area (Å²) in [5.41, 5.74) is 12.2. The maximum Gasteiger partial charge on any atom is 0.121 e. The van der Waals surface area contributed by atoms with Gasteiger partial charge in [-0.2, -0.15) is 0 Å². The van der Waals surface area contributed by atoms with E-state index in [1.807, 2.05) is 0 Å². The molecule has 0 radical (unpaired) electrons. The van der Waals surface area contributed by atoms with Crippen molar-refractivity contribution in [2.75, 3.05) is 6.54 Å². The number of nitrogens with two attached hydrogens (primary N) is 1. The third-order valence-corrected chi connectivity index (χ3v) is 5.71. The fourth-order valence-electron chi connectivity index (χ4n) is 3.74. The molecule has 0 spiro atoms. The summed E-state index contributed by atoms with van der Waals surface area (Å²) in [6.45, 7) is 7.31. The molecule has 0 aromatic heterocycles. The molecule has 0 amide bonds. The first-order valence-corrected chi connectivity index (χ1v) is 10.5. The molecular formula is C23H34N4. The SMILES string of the molecule is CCCCC(CCC)=Nc1ccc(C2=CNC(C3(N)CCC3)=NC2)cc1C. The summed E-state index contributed by atoms with van der Waals surface area (Å²) in [5, 5.41) is 3.35. The molecule has 2 aliphatic rings. The Balaban J connectivity index is 1.71. The lowest BCUT2D eigenvalue weighted by atomic mass is 9.76. The first-order chi connectivity index (χ1) is 13.1. The van der Waals surface area contributed by atoms with E-state index in [9.17, 15) is 0 Å². The molecule has 4 nitrogen and oxygen atoms in total. The zero-order chi connectivity index (χ0) is 19.3. The third-order valence-electron chi connectivity index (χ3n) is 5.71. The third kappa shape index (κ3) is 4.67. The minimum atomic E-state index is -0.218. The number of aliphatic imine (C=N–C) groups is 2. The molecule has 3 N–H and O–H groups in total. The number of unbranched alkanes of at least 4 members (excludes halogenated alkanes) is 1. The molecular weight excluding hydrogens is 332 g/mol. The van der Waals surface area contributed by atoms with Crippen LogP contribution in [0.5, 0.6) is 0 Å². The van der Waals surface area contributed by atoms with Gasteiger partial charge in [-0.3, -0.25) is 9.98 Å². The molecule has 1 aliphatic heterocycles. The highest BCUT2D eigenvalue weighted by atomic mass is 15.1. The van der Waals surface area contributed by atoms with Crippen molar-refractivity contribution in [1.82, 2.24) is 5.32 Å². The number of hydrogen-bond acceptors (Lipinski definition) is 4. The number of nitrogens with one attached hydrogen (secondary N) is 1. The number of aryl methyl sites for hydroxylation is 1. The van der Waals surface area contributed by atoms with Crippen LogP contribution in [0.15, 0.2) is 34.4 Å². The monoisotopic (exact) mass is 366 g/mol. The van der Waals surface area contributed by atoms with Gasteiger partial charge in [0, 0.05) is 11.9 Å². The summed E-state index contributed by atoms with van der Waals surface area (Å²) >= 11 is 0. The number of hydrogen-bond donors (Lipinski definition) is 2. The first-order valence-electron chi connectivity index (χ1n) is 10.5. The first kappa shape index (κ1) is 19.8. The molecule has 0 saturated heterocycles. The van der Waals surface area contributed by atoms with Crippen molar-refractivity contribution in [3.8, 4) is 0 Å². The molecule has 0 unspecified atom stereocenters. The van der Waals surface area contributed by atoms with Crippen molar-refractivity contribution in [3.63, 3.8) is 0 Å². The van der Waals surface area contributed by atoms with Crippen LogP contribution in [0, 0.1) is 6.92 Å². The van der Waals surface area contributed by atoms with Crippen LogP contribution in [0.3, 0.4) is 0 Å². The Morgan fingerprint density at radius 2 is 2.04 bits per heavy atom. The minimum absolute atomic E-state index is 0.218. The lowest BCUT2D eigenvalue weighted by molar-refractivity contribution is 0.336. The second-order valence-corrected chi connectivity index (χ2v) is 8.02. The van der Waals surface area contributed by atoms with Crippen molar-refractivity contribution < 1.29 is 0 Å². The van der Waals surface area contributed by atoms with Crippen LogP contribution in [0.1, 0.15) is 76.3 Å². The number of nitrogens with zero attached hydrogens (tertiary/aromatic N) is 2. The smallest absolute Gasteiger partial charge is 0.121 e. The van der Waals surface area contributed by atoms with Gasteiger partial charge < -0.3 is 11.1 Å². The molecule has 0 bridgehead atoms. The molecule has 146 valence electrons. The quantitative estimate of drug-likeness (QED) is 0.615. The number of benzene rings is 1. The molecule has 3 rings (SSSR count). The summed E-state index contributed by atoms with van der Waals surface area (Å²) in [5.74, 6) is 0.954. The molecule has 1 saturated carbocycles. The van der Waals surface area contributed by atoms with Gasteiger partial charge in [-0.15, -0.1) is 0 Å². The van der Waals surface area contributed by atoms with E-state index in [0.717, 1.165) is 43.6 Å². The predicted octanol–water partition coefficient (Wildman–Crippen LogP) is 5.28. The summed E-state index contributed by atoms with van der Waals surface area (Å²) in [4.78, 5) is 9.70. The Labute approximate surface area is 164 Å². The zero-order valence-electron chi connectivity index (χ0n) is 17.1. The van der Waals surface area contributed by atoms with E-state index in [1.54, 1.807) is 0 Å². The van der Waals surface area contributed by atoms with E-state index >= 15 is 0 Å². The van der Waals surface area contributed by atoms with Crippen molar-refractivity contribution in [3.05, 3.63) is 35.5 Å². The van der Waals surface area contributed by atoms with Gasteiger partial charge in [0.25, 0.3) is 0 Å². The minimum Gasteiger partial charge on any atom is -0.349 e. The Hall–Kier alpha value is -1.94. The standard InChI is InChI=1S/C23H34N4/c1-4-6-9-20(8-5-2)27-21-11-10-18(14-17(21)3)19-15-25-22(26-16-19)23(24)12-7-13-23/h10-11,14-15H,4-9,12-13,16,24H2,1-3H3,(H,25,26). The van der Waals surface area contributed by atoms with Crippen LogP contribution in [0.2, 0.25) is 0 Å². The van der Waals surface area contributed by atoms with Crippen LogP contribution in [0.25, 0.3) is 5.57 Å². The lowest BCUT2D eigenvalue weighted by Gasteiger charge is -2.39. The van der Waals surface area contributed by atoms with E-state index in [4.69, 9.17) is 15.7 Å². The Bertz CT molecular complexity index is 754. The zero-order valence-corrected chi connectivity index (χ0v) is 17.1. The molecule has 1 heterocycles. The molecule has 1 aliphatic carbocycles. The van der Waals surface area contributed by atoms with Crippen molar-refractivity contribution in [2.45, 2.75) is 77.7 Å². The van der Waals surface area contributed by atoms with E-state index in [0.29, 0.717) is 6.54 Å².